The highest BCUT2D eigenvalue weighted by Gasteiger charge is 2.23. The summed E-state index contributed by atoms with van der Waals surface area (Å²) < 4.78 is 0.983. The molecule has 0 aliphatic heterocycles. The number of aliphatic hydroxyl groups excluding tert-OH is 1. The fourth-order valence-corrected chi connectivity index (χ4v) is 3.20. The van der Waals surface area contributed by atoms with Crippen molar-refractivity contribution in [3.05, 3.63) is 28.2 Å². The molecule has 0 saturated heterocycles. The van der Waals surface area contributed by atoms with E-state index in [2.05, 4.69) is 28.2 Å². The van der Waals surface area contributed by atoms with Gasteiger partial charge in [-0.1, -0.05) is 22.9 Å². The third kappa shape index (κ3) is 3.94. The van der Waals surface area contributed by atoms with Crippen LogP contribution in [0, 0.1) is 5.92 Å². The standard InChI is InChI=1S/C15H22BrNO2/c1-2-14(13-8-11(16)4-6-15(13)19)17-9-10-3-5-12(18)7-10/h4,6,8,10,12,14,17-19H,2-3,5,7,9H2,1H3. The van der Waals surface area contributed by atoms with E-state index in [9.17, 15) is 10.2 Å². The first-order valence-corrected chi connectivity index (χ1v) is 7.79. The lowest BCUT2D eigenvalue weighted by molar-refractivity contribution is 0.177. The predicted octanol–water partition coefficient (Wildman–Crippen LogP) is 3.36. The summed E-state index contributed by atoms with van der Waals surface area (Å²) in [6.45, 7) is 3.02. The van der Waals surface area contributed by atoms with Crippen LogP contribution in [-0.2, 0) is 0 Å². The Kier molecular flexibility index (Phi) is 5.25. The zero-order chi connectivity index (χ0) is 13.8. The molecule has 0 bridgehead atoms. The van der Waals surface area contributed by atoms with Gasteiger partial charge in [-0.25, -0.2) is 0 Å². The first kappa shape index (κ1) is 14.8. The van der Waals surface area contributed by atoms with Crippen molar-refractivity contribution in [2.45, 2.75) is 44.8 Å². The number of aromatic hydroxyl groups is 1. The molecule has 1 aliphatic carbocycles. The van der Waals surface area contributed by atoms with Crippen LogP contribution < -0.4 is 5.32 Å². The van der Waals surface area contributed by atoms with Crippen molar-refractivity contribution in [1.29, 1.82) is 0 Å². The molecule has 1 aromatic carbocycles. The van der Waals surface area contributed by atoms with E-state index >= 15 is 0 Å². The molecule has 0 amide bonds. The molecule has 3 N–H and O–H groups in total. The molecule has 0 heterocycles. The zero-order valence-electron chi connectivity index (χ0n) is 11.3. The van der Waals surface area contributed by atoms with Crippen LogP contribution in [0.3, 0.4) is 0 Å². The molecule has 4 heteroatoms. The van der Waals surface area contributed by atoms with E-state index in [4.69, 9.17) is 0 Å². The summed E-state index contributed by atoms with van der Waals surface area (Å²) in [4.78, 5) is 0. The quantitative estimate of drug-likeness (QED) is 0.777. The van der Waals surface area contributed by atoms with Crippen LogP contribution >= 0.6 is 15.9 Å². The maximum absolute atomic E-state index is 9.97. The van der Waals surface area contributed by atoms with E-state index in [1.807, 2.05) is 12.1 Å². The molecule has 0 radical (unpaired) electrons. The zero-order valence-corrected chi connectivity index (χ0v) is 12.9. The van der Waals surface area contributed by atoms with Gasteiger partial charge in [-0.15, -0.1) is 0 Å². The van der Waals surface area contributed by atoms with Gasteiger partial charge < -0.3 is 15.5 Å². The highest BCUT2D eigenvalue weighted by atomic mass is 79.9. The van der Waals surface area contributed by atoms with Gasteiger partial charge in [0.05, 0.1) is 6.10 Å². The molecule has 1 saturated carbocycles. The first-order valence-electron chi connectivity index (χ1n) is 7.00. The summed E-state index contributed by atoms with van der Waals surface area (Å²) in [6.07, 6.45) is 3.72. The lowest BCUT2D eigenvalue weighted by atomic mass is 10.0. The molecule has 1 aromatic rings. The lowest BCUT2D eigenvalue weighted by Gasteiger charge is -2.21. The molecule has 1 aliphatic rings. The number of phenols is 1. The van der Waals surface area contributed by atoms with Crippen molar-refractivity contribution < 1.29 is 10.2 Å². The molecule has 0 aromatic heterocycles. The SMILES string of the molecule is CCC(NCC1CCC(O)C1)c1cc(Br)ccc1O. The molecule has 0 spiro atoms. The molecular formula is C15H22BrNO2. The number of hydrogen-bond donors (Lipinski definition) is 3. The van der Waals surface area contributed by atoms with Crippen molar-refractivity contribution in [1.82, 2.24) is 5.32 Å². The van der Waals surface area contributed by atoms with E-state index in [-0.39, 0.29) is 12.1 Å². The Morgan fingerprint density at radius 2 is 2.21 bits per heavy atom. The van der Waals surface area contributed by atoms with Gasteiger partial charge in [0.25, 0.3) is 0 Å². The van der Waals surface area contributed by atoms with Crippen LogP contribution in [0.5, 0.6) is 5.75 Å². The third-order valence-corrected chi connectivity index (χ3v) is 4.43. The van der Waals surface area contributed by atoms with Crippen LogP contribution in [0.25, 0.3) is 0 Å². The largest absolute Gasteiger partial charge is 0.508 e. The van der Waals surface area contributed by atoms with Gasteiger partial charge in [0.1, 0.15) is 5.75 Å². The summed E-state index contributed by atoms with van der Waals surface area (Å²) in [6, 6.07) is 5.71. The van der Waals surface area contributed by atoms with Crippen LogP contribution in [0.1, 0.15) is 44.2 Å². The second-order valence-corrected chi connectivity index (χ2v) is 6.32. The average molecular weight is 328 g/mol. The lowest BCUT2D eigenvalue weighted by Crippen LogP contribution is -2.26. The Bertz CT molecular complexity index is 425. The molecule has 3 atom stereocenters. The number of rotatable bonds is 5. The molecule has 3 unspecified atom stereocenters. The van der Waals surface area contributed by atoms with Crippen molar-refractivity contribution in [2.24, 2.45) is 5.92 Å². The van der Waals surface area contributed by atoms with Gasteiger partial charge >= 0.3 is 0 Å². The summed E-state index contributed by atoms with van der Waals surface area (Å²) in [7, 11) is 0. The average Bonchev–Trinajstić information content (AvgIpc) is 2.80. The molecular weight excluding hydrogens is 306 g/mol. The fourth-order valence-electron chi connectivity index (χ4n) is 2.82. The maximum Gasteiger partial charge on any atom is 0.120 e. The van der Waals surface area contributed by atoms with Crippen molar-refractivity contribution in [3.8, 4) is 5.75 Å². The minimum atomic E-state index is -0.119. The monoisotopic (exact) mass is 327 g/mol. The highest BCUT2D eigenvalue weighted by Crippen LogP contribution is 2.30. The summed E-state index contributed by atoms with van der Waals surface area (Å²) in [5, 5.41) is 23.0. The Balaban J connectivity index is 1.97. The van der Waals surface area contributed by atoms with Gasteiger partial charge in [0.2, 0.25) is 0 Å². The van der Waals surface area contributed by atoms with E-state index in [1.54, 1.807) is 6.07 Å². The van der Waals surface area contributed by atoms with Crippen molar-refractivity contribution in [2.75, 3.05) is 6.54 Å². The maximum atomic E-state index is 9.97. The molecule has 106 valence electrons. The molecule has 1 fully saturated rings. The number of hydrogen-bond acceptors (Lipinski definition) is 3. The van der Waals surface area contributed by atoms with E-state index in [0.29, 0.717) is 11.7 Å². The smallest absolute Gasteiger partial charge is 0.120 e. The fraction of sp³-hybridized carbons (Fsp3) is 0.600. The first-order chi connectivity index (χ1) is 9.10. The Labute approximate surface area is 123 Å². The minimum absolute atomic E-state index is 0.119. The number of halogens is 1. The Morgan fingerprint density at radius 3 is 2.84 bits per heavy atom. The summed E-state index contributed by atoms with van der Waals surface area (Å²) >= 11 is 3.45. The Morgan fingerprint density at radius 1 is 1.42 bits per heavy atom. The predicted molar refractivity (Wildman–Crippen MR) is 80.2 cm³/mol. The van der Waals surface area contributed by atoms with Crippen LogP contribution in [0.15, 0.2) is 22.7 Å². The van der Waals surface area contributed by atoms with Crippen LogP contribution in [0.4, 0.5) is 0 Å². The molecule has 2 rings (SSSR count). The highest BCUT2D eigenvalue weighted by molar-refractivity contribution is 9.10. The summed E-state index contributed by atoms with van der Waals surface area (Å²) in [5.41, 5.74) is 0.940. The van der Waals surface area contributed by atoms with E-state index in [0.717, 1.165) is 42.3 Å². The third-order valence-electron chi connectivity index (χ3n) is 3.94. The number of benzene rings is 1. The second kappa shape index (κ2) is 6.73. The van der Waals surface area contributed by atoms with Gasteiger partial charge in [-0.3, -0.25) is 0 Å². The Hall–Kier alpha value is -0.580. The number of aliphatic hydroxyl groups is 1. The minimum Gasteiger partial charge on any atom is -0.508 e. The van der Waals surface area contributed by atoms with E-state index in [1.165, 1.54) is 0 Å². The van der Waals surface area contributed by atoms with E-state index < -0.39 is 0 Å². The molecule has 3 nitrogen and oxygen atoms in total. The van der Waals surface area contributed by atoms with Crippen molar-refractivity contribution in [3.63, 3.8) is 0 Å². The van der Waals surface area contributed by atoms with Gasteiger partial charge in [-0.05, 0) is 56.3 Å². The van der Waals surface area contributed by atoms with Gasteiger partial charge in [-0.2, -0.15) is 0 Å². The normalized spacial score (nSPS) is 24.6. The number of nitrogens with one attached hydrogen (secondary N) is 1. The van der Waals surface area contributed by atoms with Crippen LogP contribution in [-0.4, -0.2) is 22.9 Å². The summed E-state index contributed by atoms with van der Waals surface area (Å²) in [5.74, 6) is 0.896. The topological polar surface area (TPSA) is 52.5 Å². The van der Waals surface area contributed by atoms with Crippen LogP contribution in [0.2, 0.25) is 0 Å². The van der Waals surface area contributed by atoms with Crippen molar-refractivity contribution >= 4 is 15.9 Å². The molecule has 19 heavy (non-hydrogen) atoms. The number of phenolic OH excluding ortho intramolecular Hbond substituents is 1. The van der Waals surface area contributed by atoms with Gasteiger partial charge in [0, 0.05) is 16.1 Å². The van der Waals surface area contributed by atoms with Gasteiger partial charge in [0.15, 0.2) is 0 Å². The second-order valence-electron chi connectivity index (χ2n) is 5.41.